The maximum atomic E-state index is 9.85. The first-order chi connectivity index (χ1) is 38.7. The summed E-state index contributed by atoms with van der Waals surface area (Å²) in [5.41, 5.74) is 6.47. The number of aromatic nitrogens is 4. The maximum absolute atomic E-state index is 9.85. The average molecular weight is 897 g/mol. The van der Waals surface area contributed by atoms with Gasteiger partial charge in [-0.2, -0.15) is 0 Å². The Morgan fingerprint density at radius 2 is 0.882 bits per heavy atom. The number of thiophene rings is 1. The van der Waals surface area contributed by atoms with Gasteiger partial charge in [-0.15, -0.1) is 11.3 Å². The van der Waals surface area contributed by atoms with E-state index in [4.69, 9.17) is 24.5 Å². The molecule has 0 saturated carbocycles. The molecule has 0 aliphatic carbocycles. The Morgan fingerprint density at radius 3 is 1.62 bits per heavy atom. The van der Waals surface area contributed by atoms with Crippen molar-refractivity contribution in [1.82, 2.24) is 19.5 Å². The Labute approximate surface area is 414 Å². The molecule has 0 amide bonds. The Bertz CT molecular complexity index is 4690. The Hall–Kier alpha value is -8.77. The summed E-state index contributed by atoms with van der Waals surface area (Å²) in [7, 11) is 0. The smallest absolute Gasteiger partial charge is 0.166 e. The number of fused-ring (bicyclic) bond motifs is 6. The number of benzene rings is 10. The minimum absolute atomic E-state index is 0.130. The summed E-state index contributed by atoms with van der Waals surface area (Å²) in [6.45, 7) is 0. The zero-order chi connectivity index (χ0) is 55.4. The SMILES string of the molecule is [2H]c1c([2H])c([2H])c(-c2c([2H])c([2H])c3c(c2[2H])c2c([2H])c([2H])c([2H])c([2H])c2n3-c2ccc(-c3ccc(-c4ccc(-c5ccccc5)cc4)cc3)cc2-c2nc(-c3ccccc3)nc(-c3ccc4c(c3)sc3ccccc34)n2)c([2H])c1[2H]. The second-order valence-electron chi connectivity index (χ2n) is 16.3. The van der Waals surface area contributed by atoms with Gasteiger partial charge >= 0.3 is 0 Å². The van der Waals surface area contributed by atoms with Crippen LogP contribution in [0.15, 0.2) is 242 Å². The third kappa shape index (κ3) is 7.05. The van der Waals surface area contributed by atoms with Crippen LogP contribution in [0, 0.1) is 0 Å². The van der Waals surface area contributed by atoms with Gasteiger partial charge in [-0.3, -0.25) is 0 Å². The summed E-state index contributed by atoms with van der Waals surface area (Å²) in [6.07, 6.45) is 0. The fraction of sp³-hybridized carbons (Fsp3) is 0. The zero-order valence-electron chi connectivity index (χ0n) is 47.9. The fourth-order valence-electron chi connectivity index (χ4n) is 8.89. The molecule has 13 rings (SSSR count). The van der Waals surface area contributed by atoms with E-state index in [9.17, 15) is 6.85 Å². The number of hydrogen-bond donors (Lipinski definition) is 0. The molecule has 0 N–H and O–H groups in total. The number of hydrogen-bond acceptors (Lipinski definition) is 4. The van der Waals surface area contributed by atoms with Crippen molar-refractivity contribution in [2.24, 2.45) is 0 Å². The van der Waals surface area contributed by atoms with E-state index < -0.39 is 83.6 Å². The molecule has 4 nitrogen and oxygen atoms in total. The average Bonchev–Trinajstić information content (AvgIpc) is 4.12. The predicted molar refractivity (Wildman–Crippen MR) is 285 cm³/mol. The monoisotopic (exact) mass is 896 g/mol. The van der Waals surface area contributed by atoms with Gasteiger partial charge in [0.1, 0.15) is 0 Å². The molecule has 10 aromatic carbocycles. The van der Waals surface area contributed by atoms with Gasteiger partial charge in [0.05, 0.1) is 33.2 Å². The summed E-state index contributed by atoms with van der Waals surface area (Å²) >= 11 is 1.65. The first-order valence-corrected chi connectivity index (χ1v) is 22.8. The van der Waals surface area contributed by atoms with Gasteiger partial charge in [0.25, 0.3) is 0 Å². The highest BCUT2D eigenvalue weighted by Gasteiger charge is 2.21. The van der Waals surface area contributed by atoms with Gasteiger partial charge in [0.15, 0.2) is 17.5 Å². The lowest BCUT2D eigenvalue weighted by atomic mass is 9.97. The molecule has 0 saturated heterocycles. The molecule has 3 aromatic heterocycles. The topological polar surface area (TPSA) is 43.6 Å². The van der Waals surface area contributed by atoms with Crippen molar-refractivity contribution in [1.29, 1.82) is 0 Å². The largest absolute Gasteiger partial charge is 0.309 e. The van der Waals surface area contributed by atoms with E-state index in [-0.39, 0.29) is 33.3 Å². The second kappa shape index (κ2) is 16.6. The molecule has 0 unspecified atom stereocenters. The number of rotatable bonds is 8. The Morgan fingerprint density at radius 1 is 0.338 bits per heavy atom. The standard InChI is InChI=1S/C63H40N4S/c1-4-14-41(15-5-1)43-24-26-44(27-25-43)45-28-30-46(31-29-45)49-34-37-58(67-56-22-12-10-20-51(56)54-38-48(33-36-57(54)67)42-16-6-2-7-17-42)55(39-49)63-65-61(47-18-8-3-9-19-47)64-62(66-63)50-32-35-53-52-21-11-13-23-59(52)68-60(53)40-50/h1-40H/i2D,6D,7D,10D,12D,16D,17D,20D,22D,33D,36D,38D. The maximum Gasteiger partial charge on any atom is 0.166 e. The van der Waals surface area contributed by atoms with Crippen molar-refractivity contribution in [3.05, 3.63) is 242 Å². The molecule has 0 bridgehead atoms. The van der Waals surface area contributed by atoms with Crippen LogP contribution in [0.2, 0.25) is 0 Å². The first-order valence-electron chi connectivity index (χ1n) is 27.9. The number of para-hydroxylation sites is 1. The van der Waals surface area contributed by atoms with Gasteiger partial charge in [0, 0.05) is 47.6 Å². The van der Waals surface area contributed by atoms with Crippen LogP contribution >= 0.6 is 11.3 Å². The summed E-state index contributed by atoms with van der Waals surface area (Å²) < 4.78 is 113. The van der Waals surface area contributed by atoms with Crippen LogP contribution in [0.4, 0.5) is 0 Å². The molecule has 3 heterocycles. The van der Waals surface area contributed by atoms with Crippen molar-refractivity contribution in [2.75, 3.05) is 0 Å². The normalized spacial score (nSPS) is 14.0. The van der Waals surface area contributed by atoms with Gasteiger partial charge in [-0.1, -0.05) is 200 Å². The molecule has 0 radical (unpaired) electrons. The van der Waals surface area contributed by atoms with E-state index in [0.717, 1.165) is 48.0 Å². The van der Waals surface area contributed by atoms with Crippen LogP contribution < -0.4 is 0 Å². The van der Waals surface area contributed by atoms with Gasteiger partial charge in [0.2, 0.25) is 0 Å². The third-order valence-corrected chi connectivity index (χ3v) is 13.4. The van der Waals surface area contributed by atoms with E-state index in [1.165, 1.54) is 4.57 Å². The van der Waals surface area contributed by atoms with Crippen LogP contribution in [-0.2, 0) is 0 Å². The Kier molecular flexibility index (Phi) is 7.07. The lowest BCUT2D eigenvalue weighted by Gasteiger charge is -2.16. The van der Waals surface area contributed by atoms with E-state index in [1.54, 1.807) is 17.4 Å². The summed E-state index contributed by atoms with van der Waals surface area (Å²) in [4.78, 5) is 15.5. The summed E-state index contributed by atoms with van der Waals surface area (Å²) in [5, 5.41) is 1.85. The molecule has 0 aliphatic rings. The van der Waals surface area contributed by atoms with Crippen molar-refractivity contribution in [2.45, 2.75) is 0 Å². The van der Waals surface area contributed by atoms with Gasteiger partial charge < -0.3 is 4.57 Å². The summed E-state index contributed by atoms with van der Waals surface area (Å²) in [5.74, 6) is 0.826. The van der Waals surface area contributed by atoms with Crippen molar-refractivity contribution < 1.29 is 16.4 Å². The third-order valence-electron chi connectivity index (χ3n) is 12.2. The predicted octanol–water partition coefficient (Wildman–Crippen LogP) is 17.0. The van der Waals surface area contributed by atoms with Crippen LogP contribution in [0.5, 0.6) is 0 Å². The lowest BCUT2D eigenvalue weighted by Crippen LogP contribution is -2.04. The first kappa shape index (κ1) is 29.0. The number of nitrogens with zero attached hydrogens (tertiary/aromatic N) is 4. The van der Waals surface area contributed by atoms with Crippen molar-refractivity contribution in [3.63, 3.8) is 0 Å². The molecule has 5 heteroatoms. The quantitative estimate of drug-likeness (QED) is 0.153. The molecular formula is C63H40N4S. The van der Waals surface area contributed by atoms with Gasteiger partial charge in [-0.05, 0) is 86.9 Å². The minimum Gasteiger partial charge on any atom is -0.309 e. The van der Waals surface area contributed by atoms with Crippen LogP contribution in [0.1, 0.15) is 16.4 Å². The zero-order valence-corrected chi connectivity index (χ0v) is 36.7. The van der Waals surface area contributed by atoms with Gasteiger partial charge in [-0.25, -0.2) is 15.0 Å². The van der Waals surface area contributed by atoms with E-state index in [0.29, 0.717) is 33.9 Å². The van der Waals surface area contributed by atoms with Crippen molar-refractivity contribution in [3.8, 4) is 84.4 Å². The molecule has 0 fully saturated rings. The lowest BCUT2D eigenvalue weighted by molar-refractivity contribution is 1.07. The molecule has 68 heavy (non-hydrogen) atoms. The van der Waals surface area contributed by atoms with E-state index in [2.05, 4.69) is 60.7 Å². The second-order valence-corrected chi connectivity index (χ2v) is 17.4. The Balaban J connectivity index is 1.09. The van der Waals surface area contributed by atoms with Crippen LogP contribution in [0.25, 0.3) is 126 Å². The minimum atomic E-state index is -0.706. The highest BCUT2D eigenvalue weighted by atomic mass is 32.1. The molecule has 0 aliphatic heterocycles. The molecule has 0 spiro atoms. The van der Waals surface area contributed by atoms with Crippen LogP contribution in [-0.4, -0.2) is 19.5 Å². The van der Waals surface area contributed by atoms with E-state index >= 15 is 0 Å². The highest BCUT2D eigenvalue weighted by Crippen LogP contribution is 2.41. The van der Waals surface area contributed by atoms with Crippen LogP contribution in [0.3, 0.4) is 0 Å². The van der Waals surface area contributed by atoms with E-state index in [1.807, 2.05) is 103 Å². The summed E-state index contributed by atoms with van der Waals surface area (Å²) in [6, 6.07) is 48.2. The molecule has 318 valence electrons. The molecule has 13 aromatic rings. The molecule has 0 atom stereocenters. The van der Waals surface area contributed by atoms with Crippen molar-refractivity contribution >= 4 is 53.3 Å². The highest BCUT2D eigenvalue weighted by molar-refractivity contribution is 7.25. The molecular weight excluding hydrogens is 845 g/mol. The fourth-order valence-corrected chi connectivity index (χ4v) is 10.0.